The predicted molar refractivity (Wildman–Crippen MR) is 107 cm³/mol. The Labute approximate surface area is 154 Å². The Morgan fingerprint density at radius 3 is 2.59 bits per heavy atom. The molecule has 0 bridgehead atoms. The molecule has 0 aliphatic carbocycles. The summed E-state index contributed by atoms with van der Waals surface area (Å²) in [5.74, 6) is 3.02. The third kappa shape index (κ3) is 5.87. The fraction of sp³-hybridized carbons (Fsp3) is 0.562. The summed E-state index contributed by atoms with van der Waals surface area (Å²) in [7, 11) is 3.49. The highest BCUT2D eigenvalue weighted by molar-refractivity contribution is 14.0. The fourth-order valence-corrected chi connectivity index (χ4v) is 3.64. The lowest BCUT2D eigenvalue weighted by molar-refractivity contribution is 0.414. The summed E-state index contributed by atoms with van der Waals surface area (Å²) in [6, 6.07) is 8.08. The number of guanidine groups is 1. The average molecular weight is 435 g/mol. The van der Waals surface area contributed by atoms with E-state index in [9.17, 15) is 0 Å². The molecule has 2 N–H and O–H groups in total. The average Bonchev–Trinajstić information content (AvgIpc) is 2.95. The Hall–Kier alpha value is -0.630. The molecule has 124 valence electrons. The van der Waals surface area contributed by atoms with E-state index in [0.717, 1.165) is 24.8 Å². The number of methoxy groups -OCH3 is 1. The van der Waals surface area contributed by atoms with E-state index >= 15 is 0 Å². The van der Waals surface area contributed by atoms with E-state index in [1.807, 2.05) is 19.2 Å². The molecule has 0 radical (unpaired) electrons. The minimum Gasteiger partial charge on any atom is -0.497 e. The van der Waals surface area contributed by atoms with Gasteiger partial charge in [-0.1, -0.05) is 12.1 Å². The Balaban J connectivity index is 0.00000242. The zero-order valence-electron chi connectivity index (χ0n) is 13.5. The van der Waals surface area contributed by atoms with Crippen LogP contribution in [0, 0.1) is 0 Å². The van der Waals surface area contributed by atoms with Gasteiger partial charge in [-0.15, -0.1) is 24.0 Å². The van der Waals surface area contributed by atoms with Crippen LogP contribution >= 0.6 is 35.7 Å². The summed E-state index contributed by atoms with van der Waals surface area (Å²) < 4.78 is 5.51. The molecule has 1 unspecified atom stereocenters. The van der Waals surface area contributed by atoms with Crippen LogP contribution in [-0.4, -0.2) is 37.2 Å². The Bertz CT molecular complexity index is 473. The molecule has 1 heterocycles. The van der Waals surface area contributed by atoms with Gasteiger partial charge in [0.25, 0.3) is 0 Å². The maximum Gasteiger partial charge on any atom is 0.191 e. The van der Waals surface area contributed by atoms with Crippen LogP contribution in [-0.2, 0) is 6.54 Å². The first-order valence-electron chi connectivity index (χ1n) is 7.37. The summed E-state index contributed by atoms with van der Waals surface area (Å²) in [4.78, 5) is 4.29. The van der Waals surface area contributed by atoms with Crippen LogP contribution in [0.3, 0.4) is 0 Å². The lowest BCUT2D eigenvalue weighted by Gasteiger charge is -2.24. The highest BCUT2D eigenvalue weighted by atomic mass is 127. The molecule has 1 aliphatic rings. The van der Waals surface area contributed by atoms with Gasteiger partial charge in [-0.25, -0.2) is 0 Å². The van der Waals surface area contributed by atoms with Crippen molar-refractivity contribution in [1.29, 1.82) is 0 Å². The quantitative estimate of drug-likeness (QED) is 0.424. The fourth-order valence-electron chi connectivity index (χ4n) is 2.40. The van der Waals surface area contributed by atoms with E-state index in [1.165, 1.54) is 24.2 Å². The summed E-state index contributed by atoms with van der Waals surface area (Å²) in [6.07, 6.45) is 2.60. The number of aliphatic imine (C=N–C) groups is 1. The first-order chi connectivity index (χ1) is 10.1. The standard InChI is InChI=1S/C16H25N3OS.HI/c1-16(9-4-10-21-16)12-19-15(17-2)18-11-13-5-7-14(20-3)8-6-13;/h5-8H,4,9-12H2,1-3H3,(H2,17,18,19);1H. The summed E-state index contributed by atoms with van der Waals surface area (Å²) >= 11 is 2.06. The topological polar surface area (TPSA) is 45.7 Å². The number of rotatable bonds is 5. The monoisotopic (exact) mass is 435 g/mol. The van der Waals surface area contributed by atoms with Gasteiger partial charge >= 0.3 is 0 Å². The molecule has 1 atom stereocenters. The van der Waals surface area contributed by atoms with Gasteiger partial charge in [0.2, 0.25) is 0 Å². The number of thioether (sulfide) groups is 1. The minimum absolute atomic E-state index is 0. The molecule has 22 heavy (non-hydrogen) atoms. The molecular weight excluding hydrogens is 409 g/mol. The van der Waals surface area contributed by atoms with E-state index < -0.39 is 0 Å². The van der Waals surface area contributed by atoms with Gasteiger partial charge in [0, 0.05) is 24.9 Å². The van der Waals surface area contributed by atoms with Gasteiger partial charge in [-0.3, -0.25) is 4.99 Å². The van der Waals surface area contributed by atoms with E-state index in [2.05, 4.69) is 46.4 Å². The number of nitrogens with one attached hydrogen (secondary N) is 2. The molecule has 2 rings (SSSR count). The van der Waals surface area contributed by atoms with Crippen LogP contribution in [0.25, 0.3) is 0 Å². The zero-order chi connectivity index (χ0) is 15.1. The number of hydrogen-bond acceptors (Lipinski definition) is 3. The third-order valence-corrected chi connectivity index (χ3v) is 5.31. The second-order valence-corrected chi connectivity index (χ2v) is 7.21. The van der Waals surface area contributed by atoms with E-state index in [0.29, 0.717) is 4.75 Å². The van der Waals surface area contributed by atoms with Crippen LogP contribution in [0.5, 0.6) is 5.75 Å². The van der Waals surface area contributed by atoms with Crippen molar-refractivity contribution in [3.63, 3.8) is 0 Å². The van der Waals surface area contributed by atoms with Gasteiger partial charge in [-0.2, -0.15) is 11.8 Å². The molecule has 0 amide bonds. The van der Waals surface area contributed by atoms with Gasteiger partial charge < -0.3 is 15.4 Å². The number of hydrogen-bond donors (Lipinski definition) is 2. The summed E-state index contributed by atoms with van der Waals surface area (Å²) in [5.41, 5.74) is 1.21. The molecule has 0 aromatic heterocycles. The van der Waals surface area contributed by atoms with E-state index in [1.54, 1.807) is 7.11 Å². The maximum absolute atomic E-state index is 5.16. The third-order valence-electron chi connectivity index (χ3n) is 3.77. The number of nitrogens with zero attached hydrogens (tertiary/aromatic N) is 1. The Morgan fingerprint density at radius 1 is 1.32 bits per heavy atom. The smallest absolute Gasteiger partial charge is 0.191 e. The highest BCUT2D eigenvalue weighted by Crippen LogP contribution is 2.36. The lowest BCUT2D eigenvalue weighted by Crippen LogP contribution is -2.43. The van der Waals surface area contributed by atoms with E-state index in [4.69, 9.17) is 4.74 Å². The summed E-state index contributed by atoms with van der Waals surface area (Å²) in [6.45, 7) is 4.04. The van der Waals surface area contributed by atoms with E-state index in [-0.39, 0.29) is 24.0 Å². The SMILES string of the molecule is CN=C(NCc1ccc(OC)cc1)NCC1(C)CCCS1.I. The Morgan fingerprint density at radius 2 is 2.05 bits per heavy atom. The molecular formula is C16H26IN3OS. The molecule has 1 fully saturated rings. The van der Waals surface area contributed by atoms with Crippen molar-refractivity contribution in [1.82, 2.24) is 10.6 Å². The van der Waals surface area contributed by atoms with Crippen molar-refractivity contribution in [2.24, 2.45) is 4.99 Å². The van der Waals surface area contributed by atoms with Crippen molar-refractivity contribution >= 4 is 41.7 Å². The van der Waals surface area contributed by atoms with Crippen molar-refractivity contribution < 1.29 is 4.74 Å². The van der Waals surface area contributed by atoms with Crippen LogP contribution in [0.4, 0.5) is 0 Å². The Kier molecular flexibility index (Phi) is 8.38. The molecule has 0 spiro atoms. The van der Waals surface area contributed by atoms with Crippen LogP contribution in [0.15, 0.2) is 29.3 Å². The largest absolute Gasteiger partial charge is 0.497 e. The van der Waals surface area contributed by atoms with Gasteiger partial charge in [-0.05, 0) is 43.2 Å². The van der Waals surface area contributed by atoms with Crippen molar-refractivity contribution in [2.75, 3.05) is 26.5 Å². The second-order valence-electron chi connectivity index (χ2n) is 5.53. The van der Waals surface area contributed by atoms with Crippen molar-refractivity contribution in [2.45, 2.75) is 31.1 Å². The molecule has 0 saturated carbocycles. The lowest BCUT2D eigenvalue weighted by atomic mass is 10.1. The first kappa shape index (κ1) is 19.4. The normalized spacial score (nSPS) is 21.1. The van der Waals surface area contributed by atoms with Gasteiger partial charge in [0.05, 0.1) is 7.11 Å². The van der Waals surface area contributed by atoms with Crippen molar-refractivity contribution in [3.8, 4) is 5.75 Å². The maximum atomic E-state index is 5.16. The molecule has 1 aromatic rings. The van der Waals surface area contributed by atoms with Gasteiger partial charge in [0.15, 0.2) is 5.96 Å². The van der Waals surface area contributed by atoms with Gasteiger partial charge in [0.1, 0.15) is 5.75 Å². The first-order valence-corrected chi connectivity index (χ1v) is 8.35. The molecule has 6 heteroatoms. The highest BCUT2D eigenvalue weighted by Gasteiger charge is 2.29. The van der Waals surface area contributed by atoms with Crippen LogP contribution < -0.4 is 15.4 Å². The number of benzene rings is 1. The molecule has 1 saturated heterocycles. The number of halogens is 1. The summed E-state index contributed by atoms with van der Waals surface area (Å²) in [5, 5.41) is 6.79. The predicted octanol–water partition coefficient (Wildman–Crippen LogP) is 3.26. The minimum atomic E-state index is 0. The number of ether oxygens (including phenoxy) is 1. The van der Waals surface area contributed by atoms with Crippen LogP contribution in [0.2, 0.25) is 0 Å². The van der Waals surface area contributed by atoms with Crippen molar-refractivity contribution in [3.05, 3.63) is 29.8 Å². The molecule has 4 nitrogen and oxygen atoms in total. The van der Waals surface area contributed by atoms with Crippen LogP contribution in [0.1, 0.15) is 25.3 Å². The zero-order valence-corrected chi connectivity index (χ0v) is 16.7. The molecule has 1 aliphatic heterocycles. The molecule has 1 aromatic carbocycles. The second kappa shape index (κ2) is 9.50.